The third-order valence-corrected chi connectivity index (χ3v) is 4.42. The van der Waals surface area contributed by atoms with Crippen molar-refractivity contribution in [1.29, 1.82) is 0 Å². The zero-order chi connectivity index (χ0) is 13.9. The Hall–Kier alpha value is -1.46. The van der Waals surface area contributed by atoms with Crippen molar-refractivity contribution in [1.82, 2.24) is 15.5 Å². The molecule has 106 valence electrons. The molecule has 0 amide bonds. The predicted molar refractivity (Wildman–Crippen MR) is 81.4 cm³/mol. The van der Waals surface area contributed by atoms with Gasteiger partial charge in [0.05, 0.1) is 12.7 Å². The van der Waals surface area contributed by atoms with E-state index in [0.717, 1.165) is 40.3 Å². The van der Waals surface area contributed by atoms with Crippen molar-refractivity contribution in [2.45, 2.75) is 32.2 Å². The summed E-state index contributed by atoms with van der Waals surface area (Å²) >= 11 is 1.65. The average Bonchev–Trinajstić information content (AvgIpc) is 3.15. The molecule has 5 heteroatoms. The zero-order valence-corrected chi connectivity index (χ0v) is 12.7. The number of aromatic nitrogens is 2. The van der Waals surface area contributed by atoms with Crippen LogP contribution in [0, 0.1) is 6.92 Å². The topological polar surface area (TPSA) is 47.0 Å². The summed E-state index contributed by atoms with van der Waals surface area (Å²) in [5.41, 5.74) is 2.24. The molecule has 0 saturated heterocycles. The molecule has 4 nitrogen and oxygen atoms in total. The molecule has 0 radical (unpaired) electrons. The summed E-state index contributed by atoms with van der Waals surface area (Å²) in [5.74, 6) is 0.856. The van der Waals surface area contributed by atoms with Crippen LogP contribution in [0.15, 0.2) is 18.2 Å². The molecule has 1 aliphatic rings. The lowest BCUT2D eigenvalue weighted by molar-refractivity contribution is 0.416. The van der Waals surface area contributed by atoms with E-state index in [4.69, 9.17) is 4.74 Å². The number of hydrogen-bond donors (Lipinski definition) is 1. The first-order valence-electron chi connectivity index (χ1n) is 6.97. The molecule has 1 N–H and O–H groups in total. The third kappa shape index (κ3) is 3.16. The van der Waals surface area contributed by atoms with Crippen molar-refractivity contribution in [3.05, 3.63) is 28.8 Å². The minimum absolute atomic E-state index is 0.749. The molecule has 0 unspecified atom stereocenters. The number of nitrogens with one attached hydrogen (secondary N) is 1. The van der Waals surface area contributed by atoms with Gasteiger partial charge < -0.3 is 10.1 Å². The van der Waals surface area contributed by atoms with Gasteiger partial charge in [0.1, 0.15) is 10.8 Å². The number of benzene rings is 1. The minimum atomic E-state index is 0.749. The van der Waals surface area contributed by atoms with E-state index < -0.39 is 0 Å². The maximum Gasteiger partial charge on any atom is 0.151 e. The van der Waals surface area contributed by atoms with Crippen LogP contribution in [0.2, 0.25) is 0 Å². The molecule has 3 rings (SSSR count). The summed E-state index contributed by atoms with van der Waals surface area (Å²) in [6.07, 6.45) is 3.59. The molecular formula is C15H19N3OS. The highest BCUT2D eigenvalue weighted by Crippen LogP contribution is 2.32. The molecule has 1 aliphatic carbocycles. The van der Waals surface area contributed by atoms with Crippen molar-refractivity contribution in [2.75, 3.05) is 13.7 Å². The Labute approximate surface area is 123 Å². The summed E-state index contributed by atoms with van der Waals surface area (Å²) in [6.45, 7) is 3.06. The van der Waals surface area contributed by atoms with Crippen molar-refractivity contribution in [3.63, 3.8) is 0 Å². The van der Waals surface area contributed by atoms with Crippen LogP contribution in [0.25, 0.3) is 10.6 Å². The lowest BCUT2D eigenvalue weighted by Crippen LogP contribution is -2.19. The second-order valence-electron chi connectivity index (χ2n) is 5.18. The van der Waals surface area contributed by atoms with Gasteiger partial charge in [-0.05, 0) is 31.9 Å². The van der Waals surface area contributed by atoms with Crippen LogP contribution in [0.3, 0.4) is 0 Å². The van der Waals surface area contributed by atoms with Gasteiger partial charge in [-0.2, -0.15) is 0 Å². The highest BCUT2D eigenvalue weighted by molar-refractivity contribution is 7.14. The summed E-state index contributed by atoms with van der Waals surface area (Å²) in [5, 5.41) is 14.1. The molecule has 1 heterocycles. The Kier molecular flexibility index (Phi) is 3.98. The van der Waals surface area contributed by atoms with Crippen molar-refractivity contribution >= 4 is 11.3 Å². The second kappa shape index (κ2) is 5.89. The Balaban J connectivity index is 1.73. The molecular weight excluding hydrogens is 270 g/mol. The molecule has 0 spiro atoms. The number of nitrogens with zero attached hydrogens (tertiary/aromatic N) is 2. The lowest BCUT2D eigenvalue weighted by Gasteiger charge is -2.06. The molecule has 1 fully saturated rings. The van der Waals surface area contributed by atoms with Gasteiger partial charge in [-0.3, -0.25) is 0 Å². The van der Waals surface area contributed by atoms with E-state index in [0.29, 0.717) is 0 Å². The first-order valence-corrected chi connectivity index (χ1v) is 7.78. The molecule has 2 aromatic rings. The number of rotatable bonds is 6. The van der Waals surface area contributed by atoms with E-state index in [1.165, 1.54) is 18.4 Å². The molecule has 1 aromatic heterocycles. The minimum Gasteiger partial charge on any atom is -0.496 e. The van der Waals surface area contributed by atoms with Crippen LogP contribution in [0.5, 0.6) is 5.75 Å². The number of methoxy groups -OCH3 is 1. The van der Waals surface area contributed by atoms with Gasteiger partial charge in [0, 0.05) is 19.0 Å². The van der Waals surface area contributed by atoms with Crippen LogP contribution in [0.1, 0.15) is 23.4 Å². The van der Waals surface area contributed by atoms with Crippen LogP contribution in [0.4, 0.5) is 0 Å². The van der Waals surface area contributed by atoms with Crippen LogP contribution < -0.4 is 10.1 Å². The summed E-state index contributed by atoms with van der Waals surface area (Å²) < 4.78 is 5.41. The van der Waals surface area contributed by atoms with Gasteiger partial charge in [0.15, 0.2) is 5.01 Å². The lowest BCUT2D eigenvalue weighted by atomic mass is 10.1. The molecule has 0 bridgehead atoms. The highest BCUT2D eigenvalue weighted by Gasteiger charge is 2.20. The van der Waals surface area contributed by atoms with Crippen molar-refractivity contribution in [2.24, 2.45) is 0 Å². The number of ether oxygens (including phenoxy) is 1. The van der Waals surface area contributed by atoms with Gasteiger partial charge in [0.2, 0.25) is 0 Å². The average molecular weight is 289 g/mol. The standard InChI is InChI=1S/C15H19N3OS/c1-10-3-6-13(19-2)12(9-10)15-18-17-14(20-15)7-8-16-11-4-5-11/h3,6,9,11,16H,4-5,7-8H2,1-2H3. The summed E-state index contributed by atoms with van der Waals surface area (Å²) in [7, 11) is 1.69. The second-order valence-corrected chi connectivity index (χ2v) is 6.25. The Morgan fingerprint density at radius 3 is 2.95 bits per heavy atom. The fourth-order valence-electron chi connectivity index (χ4n) is 2.12. The van der Waals surface area contributed by atoms with E-state index in [1.54, 1.807) is 18.4 Å². The largest absolute Gasteiger partial charge is 0.496 e. The first kappa shape index (κ1) is 13.5. The maximum atomic E-state index is 5.41. The van der Waals surface area contributed by atoms with Gasteiger partial charge in [-0.1, -0.05) is 23.0 Å². The van der Waals surface area contributed by atoms with Crippen molar-refractivity contribution < 1.29 is 4.74 Å². The monoisotopic (exact) mass is 289 g/mol. The van der Waals surface area contributed by atoms with E-state index in [2.05, 4.69) is 28.5 Å². The van der Waals surface area contributed by atoms with Gasteiger partial charge >= 0.3 is 0 Å². The summed E-state index contributed by atoms with van der Waals surface area (Å²) in [6, 6.07) is 6.88. The van der Waals surface area contributed by atoms with Gasteiger partial charge in [-0.15, -0.1) is 10.2 Å². The Morgan fingerprint density at radius 1 is 1.35 bits per heavy atom. The van der Waals surface area contributed by atoms with Crippen LogP contribution in [-0.4, -0.2) is 29.9 Å². The van der Waals surface area contributed by atoms with E-state index in [1.807, 2.05) is 12.1 Å². The fraction of sp³-hybridized carbons (Fsp3) is 0.467. The normalized spacial score (nSPS) is 14.5. The van der Waals surface area contributed by atoms with E-state index >= 15 is 0 Å². The summed E-state index contributed by atoms with van der Waals surface area (Å²) in [4.78, 5) is 0. The van der Waals surface area contributed by atoms with Crippen LogP contribution in [-0.2, 0) is 6.42 Å². The predicted octanol–water partition coefficient (Wildman–Crippen LogP) is 2.82. The molecule has 20 heavy (non-hydrogen) atoms. The third-order valence-electron chi connectivity index (χ3n) is 3.40. The molecule has 1 saturated carbocycles. The zero-order valence-electron chi connectivity index (χ0n) is 11.8. The maximum absolute atomic E-state index is 5.41. The van der Waals surface area contributed by atoms with E-state index in [9.17, 15) is 0 Å². The van der Waals surface area contributed by atoms with E-state index in [-0.39, 0.29) is 0 Å². The number of aryl methyl sites for hydroxylation is 1. The number of hydrogen-bond acceptors (Lipinski definition) is 5. The fourth-order valence-corrected chi connectivity index (χ4v) is 2.98. The molecule has 0 aliphatic heterocycles. The molecule has 0 atom stereocenters. The first-order chi connectivity index (χ1) is 9.76. The van der Waals surface area contributed by atoms with Gasteiger partial charge in [0.25, 0.3) is 0 Å². The highest BCUT2D eigenvalue weighted by atomic mass is 32.1. The van der Waals surface area contributed by atoms with Crippen LogP contribution >= 0.6 is 11.3 Å². The van der Waals surface area contributed by atoms with Gasteiger partial charge in [-0.25, -0.2) is 0 Å². The smallest absolute Gasteiger partial charge is 0.151 e. The Bertz CT molecular complexity index is 593. The molecule has 1 aromatic carbocycles. The quantitative estimate of drug-likeness (QED) is 0.888. The van der Waals surface area contributed by atoms with Crippen molar-refractivity contribution in [3.8, 4) is 16.3 Å². The Morgan fingerprint density at radius 2 is 2.20 bits per heavy atom. The SMILES string of the molecule is COc1ccc(C)cc1-c1nnc(CCNC2CC2)s1.